The minimum Gasteiger partial charge on any atom is -0.368 e. The number of nitrogens with zero attached hydrogens (tertiary/aromatic N) is 3. The Morgan fingerprint density at radius 2 is 1.73 bits per heavy atom. The van der Waals surface area contributed by atoms with Crippen LogP contribution in [-0.2, 0) is 0 Å². The molecule has 2 aromatic carbocycles. The summed E-state index contributed by atoms with van der Waals surface area (Å²) in [4.78, 5) is 35.5. The van der Waals surface area contributed by atoms with E-state index in [1.165, 1.54) is 12.4 Å². The lowest BCUT2D eigenvalue weighted by atomic mass is 10.0. The predicted octanol–water partition coefficient (Wildman–Crippen LogP) is 3.92. The second-order valence-electron chi connectivity index (χ2n) is 7.46. The molecular formula is C23H25N5O2. The van der Waals surface area contributed by atoms with E-state index in [-0.39, 0.29) is 23.7 Å². The smallest absolute Gasteiger partial charge is 0.258 e. The summed E-state index contributed by atoms with van der Waals surface area (Å²) in [5, 5.41) is 2.77. The number of aryl methyl sites for hydroxylation is 1. The van der Waals surface area contributed by atoms with Crippen LogP contribution < -0.4 is 16.0 Å². The van der Waals surface area contributed by atoms with Crippen LogP contribution in [0.5, 0.6) is 0 Å². The molecule has 0 aliphatic rings. The molecule has 3 aromatic rings. The lowest BCUT2D eigenvalue weighted by Crippen LogP contribution is -2.34. The number of aromatic nitrogens is 2. The van der Waals surface area contributed by atoms with Crippen LogP contribution in [0.2, 0.25) is 0 Å². The van der Waals surface area contributed by atoms with E-state index in [1.807, 2.05) is 51.1 Å². The average molecular weight is 403 g/mol. The number of hydrogen-bond acceptors (Lipinski definition) is 5. The van der Waals surface area contributed by atoms with E-state index in [9.17, 15) is 9.59 Å². The van der Waals surface area contributed by atoms with Crippen LogP contribution >= 0.6 is 0 Å². The molecule has 2 amide bonds. The van der Waals surface area contributed by atoms with Crippen molar-refractivity contribution in [2.24, 2.45) is 5.92 Å². The Kier molecular flexibility index (Phi) is 6.41. The summed E-state index contributed by atoms with van der Waals surface area (Å²) >= 11 is 0. The number of anilines is 3. The van der Waals surface area contributed by atoms with Crippen molar-refractivity contribution in [2.75, 3.05) is 22.5 Å². The van der Waals surface area contributed by atoms with Crippen molar-refractivity contribution in [1.82, 2.24) is 9.97 Å². The maximum absolute atomic E-state index is 13.2. The molecule has 0 aliphatic carbocycles. The first kappa shape index (κ1) is 21.0. The number of nitrogen functional groups attached to an aromatic ring is 1. The number of carbonyl (C=O) groups excluding carboxylic acids is 2. The first-order valence-electron chi connectivity index (χ1n) is 9.71. The van der Waals surface area contributed by atoms with Crippen LogP contribution in [0.25, 0.3) is 0 Å². The molecule has 3 N–H and O–H groups in total. The second-order valence-corrected chi connectivity index (χ2v) is 7.46. The van der Waals surface area contributed by atoms with Crippen molar-refractivity contribution >= 4 is 29.1 Å². The van der Waals surface area contributed by atoms with Gasteiger partial charge in [-0.3, -0.25) is 9.59 Å². The van der Waals surface area contributed by atoms with Gasteiger partial charge in [0.05, 0.1) is 18.1 Å². The van der Waals surface area contributed by atoms with Crippen LogP contribution in [-0.4, -0.2) is 28.3 Å². The molecule has 30 heavy (non-hydrogen) atoms. The molecule has 1 heterocycles. The number of carbonyl (C=O) groups is 2. The van der Waals surface area contributed by atoms with Gasteiger partial charge in [-0.25, -0.2) is 9.97 Å². The molecule has 0 aliphatic heterocycles. The van der Waals surface area contributed by atoms with E-state index in [0.717, 1.165) is 5.56 Å². The average Bonchev–Trinajstić information content (AvgIpc) is 2.74. The van der Waals surface area contributed by atoms with Gasteiger partial charge >= 0.3 is 0 Å². The Morgan fingerprint density at radius 1 is 1.07 bits per heavy atom. The SMILES string of the molecule is Cc1ccc(N(CC(C)C)C(=O)c2ccccc2)cc1C(=O)Nc1cnc(N)nc1. The molecule has 1 aromatic heterocycles. The van der Waals surface area contributed by atoms with Crippen molar-refractivity contribution in [3.8, 4) is 0 Å². The van der Waals surface area contributed by atoms with E-state index in [4.69, 9.17) is 5.73 Å². The molecule has 0 unspecified atom stereocenters. The molecule has 7 nitrogen and oxygen atoms in total. The normalized spacial score (nSPS) is 10.7. The molecule has 0 spiro atoms. The van der Waals surface area contributed by atoms with Gasteiger partial charge in [-0.15, -0.1) is 0 Å². The van der Waals surface area contributed by atoms with Crippen LogP contribution in [0.1, 0.15) is 40.1 Å². The molecule has 3 rings (SSSR count). The van der Waals surface area contributed by atoms with Crippen molar-refractivity contribution in [3.05, 3.63) is 77.6 Å². The van der Waals surface area contributed by atoms with Gasteiger partial charge in [0, 0.05) is 23.4 Å². The quantitative estimate of drug-likeness (QED) is 0.649. The van der Waals surface area contributed by atoms with Crippen LogP contribution in [0.4, 0.5) is 17.3 Å². The Balaban J connectivity index is 1.92. The second kappa shape index (κ2) is 9.17. The standard InChI is InChI=1S/C23H25N5O2/c1-15(2)14-28(22(30)17-7-5-4-6-8-17)19-10-9-16(3)20(11-19)21(29)27-18-12-25-23(24)26-13-18/h4-13,15H,14H2,1-3H3,(H,27,29)(H2,24,25,26). The first-order chi connectivity index (χ1) is 14.3. The van der Waals surface area contributed by atoms with Crippen LogP contribution in [0, 0.1) is 12.8 Å². The van der Waals surface area contributed by atoms with Gasteiger partial charge in [0.25, 0.3) is 11.8 Å². The maximum Gasteiger partial charge on any atom is 0.258 e. The number of benzene rings is 2. The third-order valence-electron chi connectivity index (χ3n) is 4.52. The van der Waals surface area contributed by atoms with Gasteiger partial charge in [-0.2, -0.15) is 0 Å². The van der Waals surface area contributed by atoms with E-state index in [0.29, 0.717) is 29.0 Å². The number of nitrogens with two attached hydrogens (primary N) is 1. The minimum atomic E-state index is -0.306. The van der Waals surface area contributed by atoms with Crippen molar-refractivity contribution in [3.63, 3.8) is 0 Å². The number of hydrogen-bond donors (Lipinski definition) is 2. The molecule has 0 fully saturated rings. The molecule has 0 radical (unpaired) electrons. The lowest BCUT2D eigenvalue weighted by molar-refractivity contribution is 0.0981. The third-order valence-corrected chi connectivity index (χ3v) is 4.52. The minimum absolute atomic E-state index is 0.105. The van der Waals surface area contributed by atoms with Crippen LogP contribution in [0.3, 0.4) is 0 Å². The maximum atomic E-state index is 13.2. The Bertz CT molecular complexity index is 1030. The van der Waals surface area contributed by atoms with Gasteiger partial charge in [0.2, 0.25) is 5.95 Å². The highest BCUT2D eigenvalue weighted by Crippen LogP contribution is 2.23. The van der Waals surface area contributed by atoms with Gasteiger partial charge in [0.1, 0.15) is 0 Å². The summed E-state index contributed by atoms with van der Waals surface area (Å²) in [5.41, 5.74) is 8.47. The topological polar surface area (TPSA) is 101 Å². The Hall–Kier alpha value is -3.74. The highest BCUT2D eigenvalue weighted by Gasteiger charge is 2.21. The fourth-order valence-corrected chi connectivity index (χ4v) is 3.03. The van der Waals surface area contributed by atoms with E-state index >= 15 is 0 Å². The number of amides is 2. The molecular weight excluding hydrogens is 378 g/mol. The van der Waals surface area contributed by atoms with E-state index < -0.39 is 0 Å². The fourth-order valence-electron chi connectivity index (χ4n) is 3.03. The van der Waals surface area contributed by atoms with Crippen LogP contribution in [0.15, 0.2) is 60.9 Å². The predicted molar refractivity (Wildman–Crippen MR) is 119 cm³/mol. The largest absolute Gasteiger partial charge is 0.368 e. The summed E-state index contributed by atoms with van der Waals surface area (Å²) in [5.74, 6) is -0.0241. The first-order valence-corrected chi connectivity index (χ1v) is 9.71. The fraction of sp³-hybridized carbons (Fsp3) is 0.217. The van der Waals surface area contributed by atoms with E-state index in [2.05, 4.69) is 15.3 Å². The summed E-state index contributed by atoms with van der Waals surface area (Å²) < 4.78 is 0. The summed E-state index contributed by atoms with van der Waals surface area (Å²) in [7, 11) is 0. The molecule has 0 atom stereocenters. The van der Waals surface area contributed by atoms with E-state index in [1.54, 1.807) is 23.1 Å². The highest BCUT2D eigenvalue weighted by atomic mass is 16.2. The molecule has 154 valence electrons. The van der Waals surface area contributed by atoms with Gasteiger partial charge in [0.15, 0.2) is 0 Å². The summed E-state index contributed by atoms with van der Waals surface area (Å²) in [6.45, 7) is 6.48. The molecule has 0 bridgehead atoms. The zero-order valence-electron chi connectivity index (χ0n) is 17.3. The molecule has 0 saturated heterocycles. The zero-order chi connectivity index (χ0) is 21.7. The van der Waals surface area contributed by atoms with Gasteiger partial charge < -0.3 is 16.0 Å². The van der Waals surface area contributed by atoms with Crippen molar-refractivity contribution in [1.29, 1.82) is 0 Å². The summed E-state index contributed by atoms with van der Waals surface area (Å²) in [6, 6.07) is 14.6. The molecule has 7 heteroatoms. The monoisotopic (exact) mass is 403 g/mol. The lowest BCUT2D eigenvalue weighted by Gasteiger charge is -2.26. The zero-order valence-corrected chi connectivity index (χ0v) is 17.3. The molecule has 0 saturated carbocycles. The third kappa shape index (κ3) is 5.00. The number of nitrogens with one attached hydrogen (secondary N) is 1. The summed E-state index contributed by atoms with van der Waals surface area (Å²) in [6.07, 6.45) is 2.90. The van der Waals surface area contributed by atoms with Crippen molar-refractivity contribution in [2.45, 2.75) is 20.8 Å². The number of rotatable bonds is 6. The van der Waals surface area contributed by atoms with Crippen molar-refractivity contribution < 1.29 is 9.59 Å². The van der Waals surface area contributed by atoms with Gasteiger partial charge in [-0.1, -0.05) is 38.1 Å². The van der Waals surface area contributed by atoms with Gasteiger partial charge in [-0.05, 0) is 42.7 Å². The Morgan fingerprint density at radius 3 is 2.37 bits per heavy atom. The Labute approximate surface area is 176 Å². The highest BCUT2D eigenvalue weighted by molar-refractivity contribution is 6.09.